The van der Waals surface area contributed by atoms with Gasteiger partial charge in [0.15, 0.2) is 5.69 Å². The molecular formula is C10H13F3N4O3. The second kappa shape index (κ2) is 6.35. The molecule has 0 aliphatic carbocycles. The summed E-state index contributed by atoms with van der Waals surface area (Å²) in [6, 6.07) is 0. The number of aromatic nitrogens is 3. The van der Waals surface area contributed by atoms with E-state index in [-0.39, 0.29) is 12.2 Å². The molecule has 0 atom stereocenters. The fourth-order valence-corrected chi connectivity index (χ4v) is 1.51. The van der Waals surface area contributed by atoms with E-state index in [4.69, 9.17) is 5.11 Å². The Kier molecular flexibility index (Phi) is 5.06. The zero-order valence-corrected chi connectivity index (χ0v) is 10.6. The highest BCUT2D eigenvalue weighted by atomic mass is 19.4. The lowest BCUT2D eigenvalue weighted by atomic mass is 10.3. The lowest BCUT2D eigenvalue weighted by Crippen LogP contribution is -2.39. The molecule has 1 N–H and O–H groups in total. The second-order valence-electron chi connectivity index (χ2n) is 4.04. The molecule has 0 bridgehead atoms. The second-order valence-corrected chi connectivity index (χ2v) is 4.04. The van der Waals surface area contributed by atoms with Gasteiger partial charge in [-0.1, -0.05) is 12.1 Å². The number of rotatable bonds is 6. The van der Waals surface area contributed by atoms with Gasteiger partial charge in [-0.25, -0.2) is 4.68 Å². The predicted octanol–water partition coefficient (Wildman–Crippen LogP) is 0.777. The van der Waals surface area contributed by atoms with Gasteiger partial charge in [0.1, 0.15) is 13.1 Å². The number of amides is 1. The molecule has 0 saturated carbocycles. The Hall–Kier alpha value is -2.13. The third-order valence-corrected chi connectivity index (χ3v) is 2.21. The Bertz CT molecular complexity index is 486. The zero-order chi connectivity index (χ0) is 15.3. The minimum Gasteiger partial charge on any atom is -0.480 e. The van der Waals surface area contributed by atoms with Gasteiger partial charge >= 0.3 is 12.1 Å². The molecule has 1 aromatic rings. The molecule has 0 radical (unpaired) electrons. The van der Waals surface area contributed by atoms with E-state index in [2.05, 4.69) is 10.3 Å². The molecule has 112 valence electrons. The van der Waals surface area contributed by atoms with E-state index < -0.39 is 31.1 Å². The van der Waals surface area contributed by atoms with Gasteiger partial charge in [-0.3, -0.25) is 9.59 Å². The first-order chi connectivity index (χ1) is 9.23. The lowest BCUT2D eigenvalue weighted by molar-refractivity contribution is -0.141. The topological polar surface area (TPSA) is 88.3 Å². The quantitative estimate of drug-likeness (QED) is 0.837. The number of alkyl halides is 3. The minimum atomic E-state index is -4.51. The van der Waals surface area contributed by atoms with Crippen LogP contribution in [0.15, 0.2) is 6.20 Å². The van der Waals surface area contributed by atoms with Crippen LogP contribution in [0.4, 0.5) is 13.2 Å². The first-order valence-electron chi connectivity index (χ1n) is 5.71. The Morgan fingerprint density at radius 3 is 2.60 bits per heavy atom. The highest BCUT2D eigenvalue weighted by molar-refractivity contribution is 5.92. The van der Waals surface area contributed by atoms with E-state index in [9.17, 15) is 22.8 Å². The zero-order valence-electron chi connectivity index (χ0n) is 10.6. The molecule has 0 fully saturated rings. The molecule has 0 aromatic carbocycles. The third kappa shape index (κ3) is 4.86. The van der Waals surface area contributed by atoms with E-state index in [0.29, 0.717) is 11.3 Å². The van der Waals surface area contributed by atoms with Crippen molar-refractivity contribution in [3.05, 3.63) is 11.9 Å². The number of aliphatic carboxylic acids is 1. The Balaban J connectivity index is 2.83. The van der Waals surface area contributed by atoms with Crippen LogP contribution in [0.5, 0.6) is 0 Å². The van der Waals surface area contributed by atoms with Gasteiger partial charge in [0.05, 0.1) is 6.20 Å². The maximum absolute atomic E-state index is 12.4. The Labute approximate surface area is 112 Å². The van der Waals surface area contributed by atoms with Gasteiger partial charge in [0.25, 0.3) is 5.91 Å². The third-order valence-electron chi connectivity index (χ3n) is 2.21. The average molecular weight is 294 g/mol. The van der Waals surface area contributed by atoms with Crippen LogP contribution < -0.4 is 0 Å². The summed E-state index contributed by atoms with van der Waals surface area (Å²) in [5.41, 5.74) is -0.316. The number of halogens is 3. The van der Waals surface area contributed by atoms with Crippen LogP contribution in [-0.2, 0) is 11.3 Å². The predicted molar refractivity (Wildman–Crippen MR) is 59.9 cm³/mol. The first kappa shape index (κ1) is 15.9. The van der Waals surface area contributed by atoms with Crippen molar-refractivity contribution in [3.8, 4) is 0 Å². The van der Waals surface area contributed by atoms with Crippen LogP contribution in [-0.4, -0.2) is 56.1 Å². The van der Waals surface area contributed by atoms with Gasteiger partial charge in [0, 0.05) is 6.54 Å². The highest BCUT2D eigenvalue weighted by Crippen LogP contribution is 2.17. The summed E-state index contributed by atoms with van der Waals surface area (Å²) in [6.45, 7) is -0.346. The van der Waals surface area contributed by atoms with E-state index in [1.54, 1.807) is 6.92 Å². The summed E-state index contributed by atoms with van der Waals surface area (Å²) in [7, 11) is 0. The van der Waals surface area contributed by atoms with Crippen LogP contribution >= 0.6 is 0 Å². The largest absolute Gasteiger partial charge is 0.480 e. The van der Waals surface area contributed by atoms with Crippen molar-refractivity contribution in [2.24, 2.45) is 0 Å². The number of carboxylic acids is 1. The molecule has 0 unspecified atom stereocenters. The molecule has 0 saturated heterocycles. The molecule has 0 aliphatic heterocycles. The van der Waals surface area contributed by atoms with Crippen molar-refractivity contribution in [1.29, 1.82) is 0 Å². The summed E-state index contributed by atoms with van der Waals surface area (Å²) in [5, 5.41) is 15.3. The molecule has 20 heavy (non-hydrogen) atoms. The lowest BCUT2D eigenvalue weighted by Gasteiger charge is -2.22. The number of carboxylic acid groups (broad SMARTS) is 1. The van der Waals surface area contributed by atoms with Gasteiger partial charge < -0.3 is 10.0 Å². The van der Waals surface area contributed by atoms with E-state index >= 15 is 0 Å². The maximum atomic E-state index is 12.4. The van der Waals surface area contributed by atoms with Crippen LogP contribution in [0.1, 0.15) is 23.8 Å². The molecule has 1 aromatic heterocycles. The van der Waals surface area contributed by atoms with Crippen molar-refractivity contribution in [2.45, 2.75) is 26.1 Å². The average Bonchev–Trinajstić information content (AvgIpc) is 2.73. The summed E-state index contributed by atoms with van der Waals surface area (Å²) in [5.74, 6) is -2.13. The summed E-state index contributed by atoms with van der Waals surface area (Å²) in [6.07, 6.45) is -3.15. The van der Waals surface area contributed by atoms with Crippen molar-refractivity contribution in [2.75, 3.05) is 13.1 Å². The molecule has 1 amide bonds. The van der Waals surface area contributed by atoms with Gasteiger partial charge in [-0.15, -0.1) is 5.10 Å². The molecule has 1 heterocycles. The van der Waals surface area contributed by atoms with E-state index in [1.165, 1.54) is 0 Å². The van der Waals surface area contributed by atoms with Gasteiger partial charge in [-0.05, 0) is 6.42 Å². The molecule has 7 nitrogen and oxygen atoms in total. The Morgan fingerprint density at radius 2 is 2.10 bits per heavy atom. The number of hydrogen-bond acceptors (Lipinski definition) is 4. The van der Waals surface area contributed by atoms with Gasteiger partial charge in [-0.2, -0.15) is 13.2 Å². The minimum absolute atomic E-state index is 0.0792. The Morgan fingerprint density at radius 1 is 1.45 bits per heavy atom. The van der Waals surface area contributed by atoms with E-state index in [1.807, 2.05) is 0 Å². The normalized spacial score (nSPS) is 11.4. The number of carbonyl (C=O) groups excluding carboxylic acids is 1. The van der Waals surface area contributed by atoms with Crippen LogP contribution in [0.25, 0.3) is 0 Å². The monoisotopic (exact) mass is 294 g/mol. The molecular weight excluding hydrogens is 281 g/mol. The molecule has 10 heteroatoms. The van der Waals surface area contributed by atoms with Crippen LogP contribution in [0, 0.1) is 0 Å². The van der Waals surface area contributed by atoms with Crippen molar-refractivity contribution in [1.82, 2.24) is 19.9 Å². The number of hydrogen-bond donors (Lipinski definition) is 1. The fraction of sp³-hybridized carbons (Fsp3) is 0.600. The summed E-state index contributed by atoms with van der Waals surface area (Å²) < 4.78 is 38.0. The van der Waals surface area contributed by atoms with E-state index in [0.717, 1.165) is 10.9 Å². The SMILES string of the molecule is CCCN(CC(F)(F)F)C(=O)c1cn(CC(=O)O)nn1. The molecule has 0 spiro atoms. The van der Waals surface area contributed by atoms with Crippen LogP contribution in [0.3, 0.4) is 0 Å². The fourth-order valence-electron chi connectivity index (χ4n) is 1.51. The summed E-state index contributed by atoms with van der Waals surface area (Å²) in [4.78, 5) is 22.9. The van der Waals surface area contributed by atoms with Crippen molar-refractivity contribution >= 4 is 11.9 Å². The van der Waals surface area contributed by atoms with Crippen molar-refractivity contribution in [3.63, 3.8) is 0 Å². The molecule has 0 aliphatic rings. The smallest absolute Gasteiger partial charge is 0.406 e. The maximum Gasteiger partial charge on any atom is 0.406 e. The summed E-state index contributed by atoms with van der Waals surface area (Å²) >= 11 is 0. The standard InChI is InChI=1S/C10H13F3N4O3/c1-2-3-16(6-10(11,12)13)9(20)7-4-17(15-14-7)5-8(18)19/h4H,2-3,5-6H2,1H3,(H,18,19). The van der Waals surface area contributed by atoms with Crippen molar-refractivity contribution < 1.29 is 27.9 Å². The van der Waals surface area contributed by atoms with Crippen LogP contribution in [0.2, 0.25) is 0 Å². The number of nitrogens with zero attached hydrogens (tertiary/aromatic N) is 4. The van der Waals surface area contributed by atoms with Gasteiger partial charge in [0.2, 0.25) is 0 Å². The molecule has 1 rings (SSSR count). The first-order valence-corrected chi connectivity index (χ1v) is 5.71. The number of carbonyl (C=O) groups is 2. The highest BCUT2D eigenvalue weighted by Gasteiger charge is 2.33.